The molecular weight excluding hydrogens is 422 g/mol. The predicted molar refractivity (Wildman–Crippen MR) is 131 cm³/mol. The van der Waals surface area contributed by atoms with Crippen molar-refractivity contribution >= 4 is 12.3 Å². The van der Waals surface area contributed by atoms with E-state index in [0.29, 0.717) is 29.7 Å². The molecule has 5 fully saturated rings. The average Bonchev–Trinajstić information content (AvgIpc) is 3.05. The Bertz CT molecular complexity index is 963. The Labute approximate surface area is 205 Å². The lowest BCUT2D eigenvalue weighted by Crippen LogP contribution is -2.66. The second-order valence-corrected chi connectivity index (χ2v) is 14.0. The summed E-state index contributed by atoms with van der Waals surface area (Å²) in [6, 6.07) is 2.39. The minimum Gasteiger partial charge on any atom is -0.461 e. The maximum atomic E-state index is 13.3. The van der Waals surface area contributed by atoms with Gasteiger partial charge in [0.1, 0.15) is 12.4 Å². The summed E-state index contributed by atoms with van der Waals surface area (Å²) >= 11 is 0. The van der Waals surface area contributed by atoms with Crippen LogP contribution in [0.4, 0.5) is 0 Å². The van der Waals surface area contributed by atoms with Crippen LogP contribution in [0, 0.1) is 62.1 Å². The Morgan fingerprint density at radius 2 is 1.76 bits per heavy atom. The molecule has 5 aliphatic rings. The minimum absolute atomic E-state index is 0.0367. The highest BCUT2D eigenvalue weighted by Gasteiger charge is 2.74. The molecule has 0 aromatic heterocycles. The number of carbonyl (C=O) groups is 2. The molecule has 0 aromatic rings. The summed E-state index contributed by atoms with van der Waals surface area (Å²) in [7, 11) is 0. The van der Waals surface area contributed by atoms with E-state index in [1.165, 1.54) is 0 Å². The van der Waals surface area contributed by atoms with Crippen LogP contribution < -0.4 is 0 Å². The third kappa shape index (κ3) is 2.76. The van der Waals surface area contributed by atoms with Gasteiger partial charge in [0.25, 0.3) is 0 Å². The van der Waals surface area contributed by atoms with Gasteiger partial charge in [-0.1, -0.05) is 41.2 Å². The monoisotopic (exact) mass is 465 g/mol. The van der Waals surface area contributed by atoms with Crippen LogP contribution in [0.3, 0.4) is 0 Å². The van der Waals surface area contributed by atoms with E-state index in [1.807, 2.05) is 0 Å². The van der Waals surface area contributed by atoms with E-state index in [4.69, 9.17) is 4.74 Å². The zero-order valence-electron chi connectivity index (χ0n) is 21.9. The largest absolute Gasteiger partial charge is 0.461 e. The molecule has 4 saturated carbocycles. The third-order valence-electron chi connectivity index (χ3n) is 12.7. The zero-order chi connectivity index (χ0) is 24.7. The highest BCUT2D eigenvalue weighted by Crippen LogP contribution is 2.76. The molecule has 4 heteroatoms. The van der Waals surface area contributed by atoms with E-state index < -0.39 is 0 Å². The van der Waals surface area contributed by atoms with Crippen molar-refractivity contribution in [3.05, 3.63) is 12.2 Å². The van der Waals surface area contributed by atoms with E-state index in [1.54, 1.807) is 0 Å². The molecule has 34 heavy (non-hydrogen) atoms. The van der Waals surface area contributed by atoms with Gasteiger partial charge in [0.2, 0.25) is 0 Å². The summed E-state index contributed by atoms with van der Waals surface area (Å²) in [6.45, 7) is 16.2. The SMILES string of the molecule is C=C(C=O)[C@@H]1CC[C@]2(C)[C@H](CC[C@@H]3[C@H]4[C@H]5OC(=O)[C@@]4(CCC5(C)C)CC[C@]32C)[C@@]1(C)CCC#N. The van der Waals surface area contributed by atoms with Crippen molar-refractivity contribution in [2.45, 2.75) is 105 Å². The highest BCUT2D eigenvalue weighted by molar-refractivity contribution is 5.81. The number of nitriles is 1. The van der Waals surface area contributed by atoms with Crippen LogP contribution in [0.2, 0.25) is 0 Å². The number of rotatable bonds is 4. The Kier molecular flexibility index (Phi) is 5.27. The van der Waals surface area contributed by atoms with Crippen LogP contribution in [0.15, 0.2) is 12.2 Å². The van der Waals surface area contributed by atoms with Crippen LogP contribution in [0.1, 0.15) is 98.8 Å². The summed E-state index contributed by atoms with van der Waals surface area (Å²) < 4.78 is 6.23. The van der Waals surface area contributed by atoms with Crippen molar-refractivity contribution in [2.75, 3.05) is 0 Å². The van der Waals surface area contributed by atoms with Gasteiger partial charge in [-0.2, -0.15) is 5.26 Å². The molecular formula is C30H43NO3. The van der Waals surface area contributed by atoms with Crippen molar-refractivity contribution in [2.24, 2.45) is 50.7 Å². The molecule has 1 aliphatic heterocycles. The van der Waals surface area contributed by atoms with Gasteiger partial charge in [-0.05, 0) is 97.4 Å². The van der Waals surface area contributed by atoms with Crippen molar-refractivity contribution in [1.29, 1.82) is 5.26 Å². The molecule has 9 atom stereocenters. The summed E-state index contributed by atoms with van der Waals surface area (Å²) in [5.74, 6) is 1.51. The Hall–Kier alpha value is -1.63. The van der Waals surface area contributed by atoms with E-state index in [2.05, 4.69) is 47.3 Å². The number of fused-ring (bicyclic) bond motifs is 3. The number of nitrogens with zero attached hydrogens (tertiary/aromatic N) is 1. The molecule has 0 aromatic carbocycles. The third-order valence-corrected chi connectivity index (χ3v) is 12.7. The second kappa shape index (κ2) is 7.44. The van der Waals surface area contributed by atoms with Crippen molar-refractivity contribution in [3.8, 4) is 6.07 Å². The van der Waals surface area contributed by atoms with Crippen molar-refractivity contribution < 1.29 is 14.3 Å². The quantitative estimate of drug-likeness (QED) is 0.265. The fraction of sp³-hybridized carbons (Fsp3) is 0.833. The first kappa shape index (κ1) is 24.1. The van der Waals surface area contributed by atoms with Crippen molar-refractivity contribution in [1.82, 2.24) is 0 Å². The van der Waals surface area contributed by atoms with Gasteiger partial charge in [-0.25, -0.2) is 0 Å². The molecule has 0 spiro atoms. The van der Waals surface area contributed by atoms with Gasteiger partial charge in [-0.15, -0.1) is 0 Å². The normalized spacial score (nSPS) is 50.7. The smallest absolute Gasteiger partial charge is 0.312 e. The number of aldehydes is 1. The first-order valence-electron chi connectivity index (χ1n) is 13.6. The van der Waals surface area contributed by atoms with Crippen LogP contribution in [0.5, 0.6) is 0 Å². The van der Waals surface area contributed by atoms with E-state index in [9.17, 15) is 14.9 Å². The fourth-order valence-electron chi connectivity index (χ4n) is 10.6. The molecule has 1 heterocycles. The summed E-state index contributed by atoms with van der Waals surface area (Å²) in [5, 5.41) is 9.47. The molecule has 4 aliphatic carbocycles. The lowest BCUT2D eigenvalue weighted by Gasteiger charge is -2.71. The molecule has 4 nitrogen and oxygen atoms in total. The molecule has 0 amide bonds. The Morgan fingerprint density at radius 1 is 1.06 bits per heavy atom. The fourth-order valence-corrected chi connectivity index (χ4v) is 10.6. The van der Waals surface area contributed by atoms with Crippen LogP contribution in [0.25, 0.3) is 0 Å². The molecule has 5 rings (SSSR count). The molecule has 2 bridgehead atoms. The standard InChI is InChI=1S/C30H43NO3/c1-19(18-32)20-10-12-29(6)22(27(20,4)11-7-17-31)9-8-21-23-24-26(2,3)13-15-30(23,25(33)34-24)16-14-28(21,29)5/h18,20-24H,1,7-16H2,2-6H3/t20-,21+,22+,23-,24+,27-,28+,29+,30-/m0/s1. The van der Waals surface area contributed by atoms with Crippen LogP contribution in [-0.2, 0) is 14.3 Å². The average molecular weight is 466 g/mol. The maximum absolute atomic E-state index is 13.3. The first-order valence-corrected chi connectivity index (χ1v) is 13.6. The lowest BCUT2D eigenvalue weighted by molar-refractivity contribution is -0.224. The van der Waals surface area contributed by atoms with Gasteiger partial charge in [0.15, 0.2) is 0 Å². The topological polar surface area (TPSA) is 67.2 Å². The van der Waals surface area contributed by atoms with E-state index in [0.717, 1.165) is 64.1 Å². The van der Waals surface area contributed by atoms with Crippen LogP contribution >= 0.6 is 0 Å². The van der Waals surface area contributed by atoms with Crippen LogP contribution in [-0.4, -0.2) is 18.4 Å². The lowest BCUT2D eigenvalue weighted by atomic mass is 9.33. The van der Waals surface area contributed by atoms with E-state index >= 15 is 0 Å². The predicted octanol–water partition coefficient (Wildman–Crippen LogP) is 6.64. The number of hydrogen-bond donors (Lipinski definition) is 0. The molecule has 0 radical (unpaired) electrons. The van der Waals surface area contributed by atoms with Crippen molar-refractivity contribution in [3.63, 3.8) is 0 Å². The summed E-state index contributed by atoms with van der Waals surface area (Å²) in [6.07, 6.45) is 10.7. The summed E-state index contributed by atoms with van der Waals surface area (Å²) in [5.41, 5.74) is 0.637. The Balaban J connectivity index is 1.57. The number of hydrogen-bond acceptors (Lipinski definition) is 4. The minimum atomic E-state index is -0.263. The number of esters is 1. The maximum Gasteiger partial charge on any atom is 0.312 e. The van der Waals surface area contributed by atoms with Gasteiger partial charge in [0.05, 0.1) is 11.5 Å². The first-order chi connectivity index (χ1) is 15.9. The second-order valence-electron chi connectivity index (χ2n) is 14.0. The summed E-state index contributed by atoms with van der Waals surface area (Å²) in [4.78, 5) is 25.1. The van der Waals surface area contributed by atoms with Gasteiger partial charge in [-0.3, -0.25) is 9.59 Å². The number of ether oxygens (including phenoxy) is 1. The highest BCUT2D eigenvalue weighted by atomic mass is 16.6. The molecule has 0 N–H and O–H groups in total. The zero-order valence-corrected chi connectivity index (χ0v) is 21.9. The van der Waals surface area contributed by atoms with Gasteiger partial charge in [0, 0.05) is 17.8 Å². The van der Waals surface area contributed by atoms with E-state index in [-0.39, 0.29) is 45.1 Å². The number of carbonyl (C=O) groups excluding carboxylic acids is 2. The number of allylic oxidation sites excluding steroid dienone is 1. The van der Waals surface area contributed by atoms with Gasteiger partial charge < -0.3 is 4.74 Å². The van der Waals surface area contributed by atoms with Gasteiger partial charge >= 0.3 is 5.97 Å². The Morgan fingerprint density at radius 3 is 2.44 bits per heavy atom. The molecule has 186 valence electrons. The molecule has 0 unspecified atom stereocenters. The molecule has 1 saturated heterocycles.